The van der Waals surface area contributed by atoms with Crippen molar-refractivity contribution in [1.29, 1.82) is 5.26 Å². The van der Waals surface area contributed by atoms with Crippen molar-refractivity contribution in [3.05, 3.63) is 35.4 Å². The monoisotopic (exact) mass is 265 g/mol. The Hall–Kier alpha value is -1.42. The lowest BCUT2D eigenvalue weighted by molar-refractivity contribution is 0.559. The van der Waals surface area contributed by atoms with Crippen LogP contribution in [0.15, 0.2) is 24.3 Å². The first-order valence-electron chi connectivity index (χ1n) is 5.79. The number of rotatable bonds is 4. The minimum atomic E-state index is -3.34. The molecule has 2 rings (SSSR count). The lowest BCUT2D eigenvalue weighted by Gasteiger charge is -2.11. The largest absolute Gasteiger partial charge is 0.315 e. The molecule has 1 aliphatic rings. The third-order valence-electron chi connectivity index (χ3n) is 2.82. The first-order valence-corrected chi connectivity index (χ1v) is 7.44. The van der Waals surface area contributed by atoms with Crippen molar-refractivity contribution in [2.75, 3.05) is 13.1 Å². The van der Waals surface area contributed by atoms with E-state index in [4.69, 9.17) is 5.26 Å². The van der Waals surface area contributed by atoms with Crippen molar-refractivity contribution < 1.29 is 8.42 Å². The number of nitriles is 1. The fourth-order valence-electron chi connectivity index (χ4n) is 2.00. The van der Waals surface area contributed by atoms with Crippen molar-refractivity contribution >= 4 is 10.0 Å². The zero-order valence-corrected chi connectivity index (χ0v) is 10.7. The van der Waals surface area contributed by atoms with Crippen LogP contribution >= 0.6 is 0 Å². The first-order chi connectivity index (χ1) is 8.59. The molecular formula is C12H15N3O2S. The normalized spacial score (nSPS) is 19.6. The molecule has 2 N–H and O–H groups in total. The van der Waals surface area contributed by atoms with Crippen LogP contribution in [0.2, 0.25) is 0 Å². The van der Waals surface area contributed by atoms with Gasteiger partial charge < -0.3 is 5.32 Å². The summed E-state index contributed by atoms with van der Waals surface area (Å²) in [5.74, 6) is -0.0843. The number of hydrogen-bond donors (Lipinski definition) is 2. The first kappa shape index (κ1) is 13.0. The fraction of sp³-hybridized carbons (Fsp3) is 0.417. The fourth-order valence-corrected chi connectivity index (χ4v) is 3.41. The summed E-state index contributed by atoms with van der Waals surface area (Å²) >= 11 is 0. The Morgan fingerprint density at radius 2 is 2.33 bits per heavy atom. The van der Waals surface area contributed by atoms with Gasteiger partial charge in [0.2, 0.25) is 10.0 Å². The van der Waals surface area contributed by atoms with Crippen molar-refractivity contribution in [2.24, 2.45) is 0 Å². The Labute approximate surface area is 107 Å². The van der Waals surface area contributed by atoms with E-state index in [1.165, 1.54) is 0 Å². The van der Waals surface area contributed by atoms with Crippen LogP contribution in [0.1, 0.15) is 17.5 Å². The molecule has 18 heavy (non-hydrogen) atoms. The summed E-state index contributed by atoms with van der Waals surface area (Å²) in [5, 5.41) is 11.9. The van der Waals surface area contributed by atoms with Gasteiger partial charge in [-0.25, -0.2) is 13.1 Å². The Balaban J connectivity index is 2.04. The highest BCUT2D eigenvalue weighted by Gasteiger charge is 2.21. The average Bonchev–Trinajstić information content (AvgIpc) is 2.80. The van der Waals surface area contributed by atoms with Gasteiger partial charge in [0, 0.05) is 12.6 Å². The Morgan fingerprint density at radius 3 is 3.00 bits per heavy atom. The number of sulfonamides is 1. The van der Waals surface area contributed by atoms with Gasteiger partial charge >= 0.3 is 0 Å². The predicted octanol–water partition coefficient (Wildman–Crippen LogP) is 0.340. The van der Waals surface area contributed by atoms with E-state index in [0.717, 1.165) is 13.0 Å². The van der Waals surface area contributed by atoms with Crippen LogP contribution in [0.25, 0.3) is 0 Å². The van der Waals surface area contributed by atoms with E-state index in [1.807, 2.05) is 6.07 Å². The molecule has 1 aliphatic heterocycles. The highest BCUT2D eigenvalue weighted by molar-refractivity contribution is 7.88. The van der Waals surface area contributed by atoms with Gasteiger partial charge in [0.1, 0.15) is 0 Å². The lowest BCUT2D eigenvalue weighted by Crippen LogP contribution is -2.36. The number of hydrogen-bond acceptors (Lipinski definition) is 4. The van der Waals surface area contributed by atoms with Crippen LogP contribution in [0, 0.1) is 11.3 Å². The molecule has 5 nitrogen and oxygen atoms in total. The molecule has 1 aromatic rings. The Kier molecular flexibility index (Phi) is 3.97. The zero-order valence-electron chi connectivity index (χ0n) is 9.89. The summed E-state index contributed by atoms with van der Waals surface area (Å²) < 4.78 is 26.5. The third kappa shape index (κ3) is 3.53. The highest BCUT2D eigenvalue weighted by atomic mass is 32.2. The van der Waals surface area contributed by atoms with E-state index in [1.54, 1.807) is 24.3 Å². The second-order valence-electron chi connectivity index (χ2n) is 4.38. The molecule has 1 atom stereocenters. The molecule has 0 unspecified atom stereocenters. The van der Waals surface area contributed by atoms with Gasteiger partial charge in [0.05, 0.1) is 17.4 Å². The van der Waals surface area contributed by atoms with Crippen molar-refractivity contribution in [2.45, 2.75) is 18.2 Å². The van der Waals surface area contributed by atoms with Gasteiger partial charge in [-0.05, 0) is 30.7 Å². The van der Waals surface area contributed by atoms with Gasteiger partial charge in [-0.1, -0.05) is 12.1 Å². The zero-order chi connectivity index (χ0) is 13.0. The van der Waals surface area contributed by atoms with Crippen molar-refractivity contribution in [3.8, 4) is 6.07 Å². The molecule has 0 radical (unpaired) electrons. The molecule has 0 bridgehead atoms. The molecule has 0 aromatic heterocycles. The lowest BCUT2D eigenvalue weighted by atomic mass is 10.2. The van der Waals surface area contributed by atoms with Crippen LogP contribution in [-0.2, 0) is 15.8 Å². The Morgan fingerprint density at radius 1 is 1.50 bits per heavy atom. The predicted molar refractivity (Wildman–Crippen MR) is 68.2 cm³/mol. The molecule has 1 heterocycles. The Bertz CT molecular complexity index is 557. The number of nitrogens with one attached hydrogen (secondary N) is 2. The van der Waals surface area contributed by atoms with Gasteiger partial charge in [0.25, 0.3) is 0 Å². The van der Waals surface area contributed by atoms with Gasteiger partial charge in [-0.15, -0.1) is 0 Å². The smallest absolute Gasteiger partial charge is 0.216 e. The van der Waals surface area contributed by atoms with Gasteiger partial charge in [-0.3, -0.25) is 0 Å². The SMILES string of the molecule is N#Cc1cccc(CS(=O)(=O)N[C@@H]2CCNC2)c1. The molecule has 1 saturated heterocycles. The van der Waals surface area contributed by atoms with Crippen LogP contribution in [-0.4, -0.2) is 27.5 Å². The summed E-state index contributed by atoms with van der Waals surface area (Å²) in [5.41, 5.74) is 1.11. The second-order valence-corrected chi connectivity index (χ2v) is 6.13. The molecule has 0 amide bonds. The maximum atomic E-state index is 11.9. The van der Waals surface area contributed by atoms with Crippen molar-refractivity contribution in [3.63, 3.8) is 0 Å². The maximum Gasteiger partial charge on any atom is 0.216 e. The van der Waals surface area contributed by atoms with Crippen LogP contribution in [0.3, 0.4) is 0 Å². The minimum Gasteiger partial charge on any atom is -0.315 e. The molecule has 0 spiro atoms. The van der Waals surface area contributed by atoms with Crippen LogP contribution in [0.5, 0.6) is 0 Å². The molecule has 0 aliphatic carbocycles. The van der Waals surface area contributed by atoms with E-state index in [0.29, 0.717) is 17.7 Å². The summed E-state index contributed by atoms with van der Waals surface area (Å²) in [4.78, 5) is 0. The second kappa shape index (κ2) is 5.48. The summed E-state index contributed by atoms with van der Waals surface area (Å²) in [6.45, 7) is 1.52. The molecular weight excluding hydrogens is 250 g/mol. The van der Waals surface area contributed by atoms with Gasteiger partial charge in [-0.2, -0.15) is 5.26 Å². The molecule has 1 fully saturated rings. The van der Waals surface area contributed by atoms with E-state index in [2.05, 4.69) is 10.0 Å². The maximum absolute atomic E-state index is 11.9. The van der Waals surface area contributed by atoms with E-state index >= 15 is 0 Å². The number of nitrogens with zero attached hydrogens (tertiary/aromatic N) is 1. The third-order valence-corrected chi connectivity index (χ3v) is 4.23. The molecule has 6 heteroatoms. The van der Waals surface area contributed by atoms with E-state index < -0.39 is 10.0 Å². The average molecular weight is 265 g/mol. The summed E-state index contributed by atoms with van der Waals surface area (Å²) in [7, 11) is -3.34. The quantitative estimate of drug-likeness (QED) is 0.822. The van der Waals surface area contributed by atoms with Crippen molar-refractivity contribution in [1.82, 2.24) is 10.0 Å². The summed E-state index contributed by atoms with van der Waals surface area (Å²) in [6.07, 6.45) is 0.817. The molecule has 0 saturated carbocycles. The van der Waals surface area contributed by atoms with Gasteiger partial charge in [0.15, 0.2) is 0 Å². The minimum absolute atomic E-state index is 0.0193. The number of benzene rings is 1. The molecule has 96 valence electrons. The van der Waals surface area contributed by atoms with Crippen LogP contribution in [0.4, 0.5) is 0 Å². The summed E-state index contributed by atoms with van der Waals surface area (Å²) in [6, 6.07) is 8.65. The molecule has 1 aromatic carbocycles. The standard InChI is InChI=1S/C12H15N3O2S/c13-7-10-2-1-3-11(6-10)9-18(16,17)15-12-4-5-14-8-12/h1-3,6,12,14-15H,4-5,8-9H2/t12-/m1/s1. The topological polar surface area (TPSA) is 82.0 Å². The van der Waals surface area contributed by atoms with E-state index in [9.17, 15) is 8.42 Å². The van der Waals surface area contributed by atoms with Crippen LogP contribution < -0.4 is 10.0 Å². The van der Waals surface area contributed by atoms with E-state index in [-0.39, 0.29) is 11.8 Å². The highest BCUT2D eigenvalue weighted by Crippen LogP contribution is 2.09.